The first-order valence-electron chi connectivity index (χ1n) is 9.60. The first kappa shape index (κ1) is 22.3. The molecule has 0 aromatic heterocycles. The van der Waals surface area contributed by atoms with E-state index in [0.29, 0.717) is 23.0 Å². The number of hydrogen-bond acceptors (Lipinski definition) is 6. The minimum atomic E-state index is -0.709. The summed E-state index contributed by atoms with van der Waals surface area (Å²) in [6.07, 6.45) is 6.87. The number of hydrogen-bond donors (Lipinski definition) is 2. The minimum absolute atomic E-state index is 0.0570. The van der Waals surface area contributed by atoms with Gasteiger partial charge in [-0.1, -0.05) is 19.8 Å². The predicted octanol–water partition coefficient (Wildman–Crippen LogP) is 2.66. The van der Waals surface area contributed by atoms with Gasteiger partial charge in [0.1, 0.15) is 11.5 Å². The maximum Gasteiger partial charge on any atom is 0.331 e. The SMILES string of the molecule is COc1ccc(/C=C/C(=O)OCC(=O)NC(=O)NC2CCCCC2C)c(OC)c1. The normalized spacial score (nSPS) is 18.7. The number of carbonyl (C=O) groups excluding carboxylic acids is 3. The lowest BCUT2D eigenvalue weighted by Crippen LogP contribution is -2.48. The maximum atomic E-state index is 11.9. The van der Waals surface area contributed by atoms with Crippen LogP contribution in [0.1, 0.15) is 38.2 Å². The van der Waals surface area contributed by atoms with Gasteiger partial charge in [0.2, 0.25) is 0 Å². The van der Waals surface area contributed by atoms with Crippen molar-refractivity contribution in [3.8, 4) is 11.5 Å². The molecule has 2 rings (SSSR count). The molecule has 1 aliphatic rings. The second kappa shape index (κ2) is 11.1. The molecule has 8 heteroatoms. The van der Waals surface area contributed by atoms with Gasteiger partial charge in [0.25, 0.3) is 5.91 Å². The molecule has 1 fully saturated rings. The van der Waals surface area contributed by atoms with Crippen LogP contribution < -0.4 is 20.1 Å². The summed E-state index contributed by atoms with van der Waals surface area (Å²) in [5.74, 6) is 0.135. The Balaban J connectivity index is 1.77. The number of ether oxygens (including phenoxy) is 3. The van der Waals surface area contributed by atoms with Crippen LogP contribution in [0.2, 0.25) is 0 Å². The number of imide groups is 1. The molecule has 158 valence electrons. The highest BCUT2D eigenvalue weighted by Gasteiger charge is 2.23. The highest BCUT2D eigenvalue weighted by Crippen LogP contribution is 2.25. The van der Waals surface area contributed by atoms with Gasteiger partial charge in [0.05, 0.1) is 14.2 Å². The first-order valence-corrected chi connectivity index (χ1v) is 9.60. The third-order valence-corrected chi connectivity index (χ3v) is 4.87. The van der Waals surface area contributed by atoms with E-state index in [2.05, 4.69) is 17.6 Å². The summed E-state index contributed by atoms with van der Waals surface area (Å²) >= 11 is 0. The molecule has 8 nitrogen and oxygen atoms in total. The van der Waals surface area contributed by atoms with Crippen LogP contribution in [-0.4, -0.2) is 44.8 Å². The highest BCUT2D eigenvalue weighted by atomic mass is 16.5. The molecule has 0 heterocycles. The van der Waals surface area contributed by atoms with E-state index in [1.165, 1.54) is 19.3 Å². The number of methoxy groups -OCH3 is 2. The van der Waals surface area contributed by atoms with E-state index in [-0.39, 0.29) is 6.04 Å². The van der Waals surface area contributed by atoms with E-state index >= 15 is 0 Å². The van der Waals surface area contributed by atoms with Gasteiger partial charge >= 0.3 is 12.0 Å². The fourth-order valence-corrected chi connectivity index (χ4v) is 3.20. The van der Waals surface area contributed by atoms with E-state index in [9.17, 15) is 14.4 Å². The van der Waals surface area contributed by atoms with Crippen molar-refractivity contribution >= 4 is 24.0 Å². The summed E-state index contributed by atoms with van der Waals surface area (Å²) in [5, 5.41) is 4.99. The van der Waals surface area contributed by atoms with Gasteiger partial charge in [-0.05, 0) is 37.0 Å². The van der Waals surface area contributed by atoms with Gasteiger partial charge in [-0.3, -0.25) is 10.1 Å². The van der Waals surface area contributed by atoms with Gasteiger partial charge in [-0.2, -0.15) is 0 Å². The number of rotatable bonds is 7. The second-order valence-electron chi connectivity index (χ2n) is 6.94. The standard InChI is InChI=1S/C21H28N2O6/c1-14-6-4-5-7-17(14)22-21(26)23-19(24)13-29-20(25)11-9-15-8-10-16(27-2)12-18(15)28-3/h8-12,14,17H,4-7,13H2,1-3H3,(H2,22,23,24,26)/b11-9+. The van der Waals surface area contributed by atoms with E-state index < -0.39 is 24.5 Å². The number of carbonyl (C=O) groups is 3. The van der Waals surface area contributed by atoms with Crippen LogP contribution in [0.25, 0.3) is 6.08 Å². The van der Waals surface area contributed by atoms with Crippen LogP contribution in [0.4, 0.5) is 4.79 Å². The van der Waals surface area contributed by atoms with E-state index in [1.807, 2.05) is 0 Å². The zero-order valence-electron chi connectivity index (χ0n) is 17.0. The lowest BCUT2D eigenvalue weighted by Gasteiger charge is -2.29. The summed E-state index contributed by atoms with van der Waals surface area (Å²) < 4.78 is 15.2. The van der Waals surface area contributed by atoms with Crippen molar-refractivity contribution in [1.29, 1.82) is 0 Å². The smallest absolute Gasteiger partial charge is 0.331 e. The van der Waals surface area contributed by atoms with Gasteiger partial charge < -0.3 is 19.5 Å². The van der Waals surface area contributed by atoms with Crippen molar-refractivity contribution in [2.24, 2.45) is 5.92 Å². The van der Waals surface area contributed by atoms with E-state index in [1.54, 1.807) is 25.3 Å². The molecule has 0 spiro atoms. The molecule has 0 radical (unpaired) electrons. The number of benzene rings is 1. The summed E-state index contributed by atoms with van der Waals surface area (Å²) in [6.45, 7) is 1.54. The van der Waals surface area contributed by atoms with E-state index in [0.717, 1.165) is 25.7 Å². The molecule has 0 saturated heterocycles. The Morgan fingerprint density at radius 3 is 2.59 bits per heavy atom. The lowest BCUT2D eigenvalue weighted by atomic mass is 9.86. The Morgan fingerprint density at radius 1 is 1.14 bits per heavy atom. The van der Waals surface area contributed by atoms with Crippen molar-refractivity contribution in [3.63, 3.8) is 0 Å². The summed E-state index contributed by atoms with van der Waals surface area (Å²) in [6, 6.07) is 4.63. The molecule has 2 N–H and O–H groups in total. The summed E-state index contributed by atoms with van der Waals surface area (Å²) in [4.78, 5) is 35.6. The number of amides is 3. The van der Waals surface area contributed by atoms with Crippen molar-refractivity contribution < 1.29 is 28.6 Å². The van der Waals surface area contributed by atoms with Crippen LogP contribution in [0.5, 0.6) is 11.5 Å². The monoisotopic (exact) mass is 404 g/mol. The van der Waals surface area contributed by atoms with Crippen molar-refractivity contribution in [2.45, 2.75) is 38.6 Å². The third kappa shape index (κ3) is 7.14. The molecule has 0 aliphatic heterocycles. The molecule has 1 aliphatic carbocycles. The Kier molecular flexibility index (Phi) is 8.51. The van der Waals surface area contributed by atoms with Crippen LogP contribution >= 0.6 is 0 Å². The molecule has 1 aromatic rings. The molecule has 29 heavy (non-hydrogen) atoms. The highest BCUT2D eigenvalue weighted by molar-refractivity contribution is 5.96. The molecule has 2 atom stereocenters. The molecule has 2 unspecified atom stereocenters. The fraction of sp³-hybridized carbons (Fsp3) is 0.476. The van der Waals surface area contributed by atoms with Crippen LogP contribution in [0.3, 0.4) is 0 Å². The number of esters is 1. The largest absolute Gasteiger partial charge is 0.497 e. The van der Waals surface area contributed by atoms with Crippen LogP contribution in [-0.2, 0) is 14.3 Å². The molecular weight excluding hydrogens is 376 g/mol. The van der Waals surface area contributed by atoms with Crippen molar-refractivity contribution in [3.05, 3.63) is 29.8 Å². The molecule has 1 aromatic carbocycles. The average molecular weight is 404 g/mol. The number of urea groups is 1. The van der Waals surface area contributed by atoms with Gasteiger partial charge in [-0.25, -0.2) is 9.59 Å². The molecular formula is C21H28N2O6. The minimum Gasteiger partial charge on any atom is -0.497 e. The molecule has 3 amide bonds. The Bertz CT molecular complexity index is 762. The van der Waals surface area contributed by atoms with Gasteiger partial charge in [0, 0.05) is 23.7 Å². The van der Waals surface area contributed by atoms with Crippen LogP contribution in [0.15, 0.2) is 24.3 Å². The average Bonchev–Trinajstić information content (AvgIpc) is 2.72. The third-order valence-electron chi connectivity index (χ3n) is 4.87. The van der Waals surface area contributed by atoms with Crippen LogP contribution in [0, 0.1) is 5.92 Å². The molecule has 1 saturated carbocycles. The fourth-order valence-electron chi connectivity index (χ4n) is 3.20. The Hall–Kier alpha value is -3.03. The first-order chi connectivity index (χ1) is 13.9. The van der Waals surface area contributed by atoms with Gasteiger partial charge in [-0.15, -0.1) is 0 Å². The lowest BCUT2D eigenvalue weighted by molar-refractivity contribution is -0.143. The zero-order chi connectivity index (χ0) is 21.2. The summed E-state index contributed by atoms with van der Waals surface area (Å²) in [7, 11) is 3.05. The van der Waals surface area contributed by atoms with E-state index in [4.69, 9.17) is 14.2 Å². The maximum absolute atomic E-state index is 11.9. The molecule has 0 bridgehead atoms. The summed E-state index contributed by atoms with van der Waals surface area (Å²) in [5.41, 5.74) is 0.649. The number of nitrogens with one attached hydrogen (secondary N) is 2. The Morgan fingerprint density at radius 2 is 1.90 bits per heavy atom. The van der Waals surface area contributed by atoms with Gasteiger partial charge in [0.15, 0.2) is 6.61 Å². The zero-order valence-corrected chi connectivity index (χ0v) is 17.0. The topological polar surface area (TPSA) is 103 Å². The second-order valence-corrected chi connectivity index (χ2v) is 6.94. The Labute approximate surface area is 170 Å². The predicted molar refractivity (Wildman–Crippen MR) is 108 cm³/mol. The van der Waals surface area contributed by atoms with Crippen molar-refractivity contribution in [1.82, 2.24) is 10.6 Å². The quantitative estimate of drug-likeness (QED) is 0.535. The van der Waals surface area contributed by atoms with Crippen molar-refractivity contribution in [2.75, 3.05) is 20.8 Å².